The van der Waals surface area contributed by atoms with Gasteiger partial charge in [0.15, 0.2) is 0 Å². The molecule has 0 radical (unpaired) electrons. The fraction of sp³-hybridized carbons (Fsp3) is 0.875. The van der Waals surface area contributed by atoms with Gasteiger partial charge in [-0.25, -0.2) is 0 Å². The smallest absolute Gasteiger partial charge is 0.323 e. The SMILES string of the molecule is O=C(O)C12CCC(CCN1)C2. The fourth-order valence-corrected chi connectivity index (χ4v) is 2.34. The van der Waals surface area contributed by atoms with Crippen molar-refractivity contribution in [1.29, 1.82) is 0 Å². The Morgan fingerprint density at radius 1 is 1.55 bits per heavy atom. The molecule has 1 saturated heterocycles. The van der Waals surface area contributed by atoms with Crippen LogP contribution in [-0.2, 0) is 4.79 Å². The molecule has 2 N–H and O–H groups in total. The summed E-state index contributed by atoms with van der Waals surface area (Å²) in [7, 11) is 0. The molecule has 2 aliphatic rings. The average molecular weight is 155 g/mol. The first-order valence-corrected chi connectivity index (χ1v) is 4.21. The Bertz CT molecular complexity index is 189. The normalized spacial score (nSPS) is 42.4. The van der Waals surface area contributed by atoms with E-state index in [1.165, 1.54) is 0 Å². The van der Waals surface area contributed by atoms with Crippen LogP contribution in [0.1, 0.15) is 25.7 Å². The number of carbonyl (C=O) groups is 1. The van der Waals surface area contributed by atoms with Crippen molar-refractivity contribution < 1.29 is 9.90 Å². The predicted molar refractivity (Wildman–Crippen MR) is 40.3 cm³/mol. The van der Waals surface area contributed by atoms with Gasteiger partial charge in [-0.3, -0.25) is 4.79 Å². The van der Waals surface area contributed by atoms with Gasteiger partial charge in [-0.15, -0.1) is 0 Å². The Labute approximate surface area is 65.8 Å². The summed E-state index contributed by atoms with van der Waals surface area (Å²) in [6, 6.07) is 0. The minimum Gasteiger partial charge on any atom is -0.480 e. The van der Waals surface area contributed by atoms with Gasteiger partial charge in [0, 0.05) is 0 Å². The van der Waals surface area contributed by atoms with Gasteiger partial charge in [0.05, 0.1) is 0 Å². The molecule has 0 amide bonds. The van der Waals surface area contributed by atoms with Crippen molar-refractivity contribution in [2.75, 3.05) is 6.54 Å². The van der Waals surface area contributed by atoms with E-state index in [1.807, 2.05) is 0 Å². The van der Waals surface area contributed by atoms with Crippen molar-refractivity contribution in [3.63, 3.8) is 0 Å². The average Bonchev–Trinajstić information content (AvgIpc) is 2.29. The zero-order valence-electron chi connectivity index (χ0n) is 6.47. The highest BCUT2D eigenvalue weighted by atomic mass is 16.4. The maximum atomic E-state index is 10.9. The van der Waals surface area contributed by atoms with Gasteiger partial charge in [0.2, 0.25) is 0 Å². The Morgan fingerprint density at radius 3 is 3.00 bits per heavy atom. The van der Waals surface area contributed by atoms with Gasteiger partial charge in [-0.1, -0.05) is 0 Å². The topological polar surface area (TPSA) is 49.3 Å². The van der Waals surface area contributed by atoms with E-state index in [-0.39, 0.29) is 0 Å². The molecule has 0 spiro atoms. The number of piperidine rings is 1. The van der Waals surface area contributed by atoms with E-state index in [9.17, 15) is 4.79 Å². The number of fused-ring (bicyclic) bond motifs is 2. The van der Waals surface area contributed by atoms with Crippen LogP contribution in [0.2, 0.25) is 0 Å². The molecule has 3 heteroatoms. The van der Waals surface area contributed by atoms with Gasteiger partial charge >= 0.3 is 5.97 Å². The van der Waals surface area contributed by atoms with Crippen LogP contribution in [-0.4, -0.2) is 23.2 Å². The monoisotopic (exact) mass is 155 g/mol. The fourth-order valence-electron chi connectivity index (χ4n) is 2.34. The molecule has 0 aromatic heterocycles. The number of nitrogens with one attached hydrogen (secondary N) is 1. The molecule has 2 unspecified atom stereocenters. The number of hydrogen-bond acceptors (Lipinski definition) is 2. The van der Waals surface area contributed by atoms with Crippen LogP contribution in [0, 0.1) is 5.92 Å². The van der Waals surface area contributed by atoms with Gasteiger partial charge in [0.25, 0.3) is 0 Å². The molecule has 2 fully saturated rings. The number of carboxylic acids is 1. The molecule has 2 rings (SSSR count). The second kappa shape index (κ2) is 2.21. The van der Waals surface area contributed by atoms with Crippen molar-refractivity contribution in [2.45, 2.75) is 31.2 Å². The molecule has 62 valence electrons. The van der Waals surface area contributed by atoms with Crippen molar-refractivity contribution in [3.8, 4) is 0 Å². The van der Waals surface area contributed by atoms with Crippen molar-refractivity contribution in [1.82, 2.24) is 5.32 Å². The maximum Gasteiger partial charge on any atom is 0.323 e. The van der Waals surface area contributed by atoms with Gasteiger partial charge in [-0.2, -0.15) is 0 Å². The largest absolute Gasteiger partial charge is 0.480 e. The van der Waals surface area contributed by atoms with Crippen LogP contribution >= 0.6 is 0 Å². The molecule has 0 aromatic rings. The highest BCUT2D eigenvalue weighted by molar-refractivity contribution is 5.79. The Morgan fingerprint density at radius 2 is 2.36 bits per heavy atom. The van der Waals surface area contributed by atoms with E-state index >= 15 is 0 Å². The van der Waals surface area contributed by atoms with E-state index in [0.717, 1.165) is 32.2 Å². The molecule has 1 aliphatic carbocycles. The molecule has 1 heterocycles. The number of rotatable bonds is 1. The first-order chi connectivity index (χ1) is 5.23. The summed E-state index contributed by atoms with van der Waals surface area (Å²) in [4.78, 5) is 10.9. The Balaban J connectivity index is 2.19. The standard InChI is InChI=1S/C8H13NO2/c10-7(11)8-3-1-6(5-8)2-4-9-8/h6,9H,1-5H2,(H,10,11). The molecule has 2 atom stereocenters. The summed E-state index contributed by atoms with van der Waals surface area (Å²) >= 11 is 0. The van der Waals surface area contributed by atoms with Crippen molar-refractivity contribution in [3.05, 3.63) is 0 Å². The summed E-state index contributed by atoms with van der Waals surface area (Å²) in [5, 5.41) is 12.1. The third-order valence-corrected chi connectivity index (χ3v) is 3.04. The minimum absolute atomic E-state index is 0.539. The highest BCUT2D eigenvalue weighted by Crippen LogP contribution is 2.39. The number of hydrogen-bond donors (Lipinski definition) is 2. The summed E-state index contributed by atoms with van der Waals surface area (Å²) in [6.07, 6.45) is 3.93. The van der Waals surface area contributed by atoms with Crippen molar-refractivity contribution >= 4 is 5.97 Å². The van der Waals surface area contributed by atoms with Crippen LogP contribution < -0.4 is 5.32 Å². The zero-order valence-corrected chi connectivity index (χ0v) is 6.47. The molecule has 11 heavy (non-hydrogen) atoms. The van der Waals surface area contributed by atoms with Gasteiger partial charge in [-0.05, 0) is 38.1 Å². The third kappa shape index (κ3) is 0.948. The molecule has 0 aromatic carbocycles. The van der Waals surface area contributed by atoms with Crippen LogP contribution in [0.5, 0.6) is 0 Å². The molecular weight excluding hydrogens is 142 g/mol. The Hall–Kier alpha value is -0.570. The summed E-state index contributed by atoms with van der Waals surface area (Å²) in [5.74, 6) is 0.0204. The second-order valence-corrected chi connectivity index (χ2v) is 3.71. The lowest BCUT2D eigenvalue weighted by Crippen LogP contribution is -2.52. The van der Waals surface area contributed by atoms with Crippen LogP contribution in [0.25, 0.3) is 0 Å². The molecule has 2 bridgehead atoms. The lowest BCUT2D eigenvalue weighted by molar-refractivity contribution is -0.145. The summed E-state index contributed by atoms with van der Waals surface area (Å²) < 4.78 is 0. The van der Waals surface area contributed by atoms with Gasteiger partial charge in [0.1, 0.15) is 5.54 Å². The Kier molecular flexibility index (Phi) is 1.42. The number of aliphatic carboxylic acids is 1. The summed E-state index contributed by atoms with van der Waals surface area (Å²) in [5.41, 5.74) is -0.539. The summed E-state index contributed by atoms with van der Waals surface area (Å²) in [6.45, 7) is 0.886. The highest BCUT2D eigenvalue weighted by Gasteiger charge is 2.47. The minimum atomic E-state index is -0.653. The number of carboxylic acid groups (broad SMARTS) is 1. The van der Waals surface area contributed by atoms with E-state index in [0.29, 0.717) is 5.92 Å². The maximum absolute atomic E-state index is 10.9. The molecule has 3 nitrogen and oxygen atoms in total. The molecular formula is C8H13NO2. The first kappa shape index (κ1) is 7.10. The lowest BCUT2D eigenvalue weighted by Gasteiger charge is -2.30. The quantitative estimate of drug-likeness (QED) is 0.583. The predicted octanol–water partition coefficient (Wildman–Crippen LogP) is 0.603. The van der Waals surface area contributed by atoms with Crippen LogP contribution in [0.3, 0.4) is 0 Å². The van der Waals surface area contributed by atoms with Crippen molar-refractivity contribution in [2.24, 2.45) is 5.92 Å². The van der Waals surface area contributed by atoms with Crippen LogP contribution in [0.15, 0.2) is 0 Å². The zero-order chi connectivity index (χ0) is 7.90. The van der Waals surface area contributed by atoms with Gasteiger partial charge < -0.3 is 10.4 Å². The third-order valence-electron chi connectivity index (χ3n) is 3.04. The first-order valence-electron chi connectivity index (χ1n) is 4.21. The van der Waals surface area contributed by atoms with Crippen LogP contribution in [0.4, 0.5) is 0 Å². The van der Waals surface area contributed by atoms with E-state index in [2.05, 4.69) is 5.32 Å². The second-order valence-electron chi connectivity index (χ2n) is 3.71. The van der Waals surface area contributed by atoms with E-state index in [1.54, 1.807) is 0 Å². The van der Waals surface area contributed by atoms with E-state index in [4.69, 9.17) is 5.11 Å². The molecule has 1 saturated carbocycles. The van der Waals surface area contributed by atoms with E-state index < -0.39 is 11.5 Å². The molecule has 1 aliphatic heterocycles. The lowest BCUT2D eigenvalue weighted by atomic mass is 9.91.